The fourth-order valence-corrected chi connectivity index (χ4v) is 3.28. The van der Waals surface area contributed by atoms with Gasteiger partial charge in [0.15, 0.2) is 0 Å². The Morgan fingerprint density at radius 3 is 2.67 bits per heavy atom. The molecule has 0 aromatic heterocycles. The highest BCUT2D eigenvalue weighted by molar-refractivity contribution is 5.85. The van der Waals surface area contributed by atoms with Crippen LogP contribution >= 0.6 is 24.8 Å². The van der Waals surface area contributed by atoms with E-state index in [0.717, 1.165) is 18.7 Å². The number of hydrogen-bond donors (Lipinski definition) is 3. The number of anilines is 1. The normalized spacial score (nSPS) is 24.0. The second kappa shape index (κ2) is 9.47. The Balaban J connectivity index is 0.00000144. The summed E-state index contributed by atoms with van der Waals surface area (Å²) in [6, 6.07) is 8.12. The molecule has 2 heterocycles. The maximum atomic E-state index is 12.2. The summed E-state index contributed by atoms with van der Waals surface area (Å²) in [5.74, 6) is -0.0318. The van der Waals surface area contributed by atoms with Gasteiger partial charge in [-0.05, 0) is 43.9 Å². The fourth-order valence-electron chi connectivity index (χ4n) is 3.28. The second-order valence-corrected chi connectivity index (χ2v) is 6.37. The van der Waals surface area contributed by atoms with Gasteiger partial charge in [-0.25, -0.2) is 0 Å². The van der Waals surface area contributed by atoms with E-state index in [9.17, 15) is 9.90 Å². The van der Waals surface area contributed by atoms with Crippen molar-refractivity contribution in [3.8, 4) is 0 Å². The number of aliphatic hydroxyl groups excluding tert-OH is 1. The monoisotopic (exact) mass is 375 g/mol. The SMILES string of the molecule is CC(NC(=O)C1CC(O)CN1)c1cccc(N2CCCC2)c1.Cl.Cl. The minimum Gasteiger partial charge on any atom is -0.392 e. The van der Waals surface area contributed by atoms with Crippen molar-refractivity contribution in [1.29, 1.82) is 0 Å². The number of aliphatic hydroxyl groups is 1. The van der Waals surface area contributed by atoms with Crippen molar-refractivity contribution >= 4 is 36.4 Å². The molecule has 0 bridgehead atoms. The van der Waals surface area contributed by atoms with E-state index < -0.39 is 6.10 Å². The third-order valence-electron chi connectivity index (χ3n) is 4.62. The molecule has 2 aliphatic rings. The Bertz CT molecular complexity index is 538. The third kappa shape index (κ3) is 4.99. The number of β-amino-alcohol motifs (C(OH)–C–C–N with tert-alkyl or cyclic N) is 1. The molecular weight excluding hydrogens is 349 g/mol. The Hall–Kier alpha value is -1.01. The van der Waals surface area contributed by atoms with E-state index >= 15 is 0 Å². The van der Waals surface area contributed by atoms with Crippen molar-refractivity contribution in [2.45, 2.75) is 44.4 Å². The standard InChI is InChI=1S/C17H25N3O2.2ClH/c1-12(19-17(22)16-10-15(21)11-18-16)13-5-4-6-14(9-13)20-7-2-3-8-20;;/h4-6,9,12,15-16,18,21H,2-3,7-8,10-11H2,1H3,(H,19,22);2*1H. The number of hydrogen-bond acceptors (Lipinski definition) is 4. The zero-order valence-corrected chi connectivity index (χ0v) is 15.5. The number of nitrogens with zero attached hydrogens (tertiary/aromatic N) is 1. The molecule has 3 N–H and O–H groups in total. The average molecular weight is 376 g/mol. The van der Waals surface area contributed by atoms with Crippen LogP contribution in [0.15, 0.2) is 24.3 Å². The molecule has 3 unspecified atom stereocenters. The van der Waals surface area contributed by atoms with E-state index in [1.54, 1.807) is 0 Å². The molecule has 2 saturated heterocycles. The second-order valence-electron chi connectivity index (χ2n) is 6.37. The minimum absolute atomic E-state index is 0. The molecule has 3 atom stereocenters. The van der Waals surface area contributed by atoms with Gasteiger partial charge in [-0.15, -0.1) is 24.8 Å². The van der Waals surface area contributed by atoms with Crippen LogP contribution in [-0.2, 0) is 4.79 Å². The van der Waals surface area contributed by atoms with Crippen LogP contribution in [0.4, 0.5) is 5.69 Å². The molecule has 24 heavy (non-hydrogen) atoms. The highest BCUT2D eigenvalue weighted by Gasteiger charge is 2.28. The molecule has 0 radical (unpaired) electrons. The quantitative estimate of drug-likeness (QED) is 0.753. The van der Waals surface area contributed by atoms with Crippen molar-refractivity contribution in [3.05, 3.63) is 29.8 Å². The maximum absolute atomic E-state index is 12.2. The van der Waals surface area contributed by atoms with E-state index in [-0.39, 0.29) is 42.8 Å². The highest BCUT2D eigenvalue weighted by Crippen LogP contribution is 2.24. The summed E-state index contributed by atoms with van der Waals surface area (Å²) in [5.41, 5.74) is 2.36. The Labute approximate surface area is 156 Å². The lowest BCUT2D eigenvalue weighted by atomic mass is 10.1. The summed E-state index contributed by atoms with van der Waals surface area (Å²) in [5, 5.41) is 15.6. The number of carbonyl (C=O) groups excluding carboxylic acids is 1. The topological polar surface area (TPSA) is 64.6 Å². The molecule has 5 nitrogen and oxygen atoms in total. The molecule has 3 rings (SSSR count). The lowest BCUT2D eigenvalue weighted by Crippen LogP contribution is -2.41. The largest absolute Gasteiger partial charge is 0.392 e. The summed E-state index contributed by atoms with van der Waals surface area (Å²) in [6.45, 7) is 4.74. The number of benzene rings is 1. The summed E-state index contributed by atoms with van der Waals surface area (Å²) in [7, 11) is 0. The first-order chi connectivity index (χ1) is 10.6. The smallest absolute Gasteiger partial charge is 0.237 e. The molecule has 2 aliphatic heterocycles. The van der Waals surface area contributed by atoms with Gasteiger partial charge in [0, 0.05) is 25.3 Å². The van der Waals surface area contributed by atoms with Crippen molar-refractivity contribution in [2.24, 2.45) is 0 Å². The van der Waals surface area contributed by atoms with Crippen LogP contribution in [0, 0.1) is 0 Å². The lowest BCUT2D eigenvalue weighted by molar-refractivity contribution is -0.123. The van der Waals surface area contributed by atoms with Crippen LogP contribution in [0.1, 0.15) is 37.8 Å². The van der Waals surface area contributed by atoms with Gasteiger partial charge in [-0.3, -0.25) is 4.79 Å². The maximum Gasteiger partial charge on any atom is 0.237 e. The predicted molar refractivity (Wildman–Crippen MR) is 101 cm³/mol. The Morgan fingerprint density at radius 2 is 2.04 bits per heavy atom. The molecular formula is C17H27Cl2N3O2. The zero-order chi connectivity index (χ0) is 15.5. The van der Waals surface area contributed by atoms with Crippen molar-refractivity contribution < 1.29 is 9.90 Å². The Kier molecular flexibility index (Phi) is 8.30. The van der Waals surface area contributed by atoms with Gasteiger partial charge in [-0.2, -0.15) is 0 Å². The van der Waals surface area contributed by atoms with Crippen LogP contribution in [0.3, 0.4) is 0 Å². The molecule has 2 fully saturated rings. The van der Waals surface area contributed by atoms with E-state index in [1.807, 2.05) is 6.92 Å². The van der Waals surface area contributed by atoms with E-state index in [1.165, 1.54) is 18.5 Å². The van der Waals surface area contributed by atoms with Crippen molar-refractivity contribution in [1.82, 2.24) is 10.6 Å². The Morgan fingerprint density at radius 1 is 1.33 bits per heavy atom. The molecule has 7 heteroatoms. The highest BCUT2D eigenvalue weighted by atomic mass is 35.5. The van der Waals surface area contributed by atoms with Gasteiger partial charge in [0.1, 0.15) is 0 Å². The van der Waals surface area contributed by atoms with Crippen LogP contribution < -0.4 is 15.5 Å². The molecule has 136 valence electrons. The van der Waals surface area contributed by atoms with Gasteiger partial charge in [-0.1, -0.05) is 12.1 Å². The van der Waals surface area contributed by atoms with Crippen LogP contribution in [-0.4, -0.2) is 42.8 Å². The van der Waals surface area contributed by atoms with Gasteiger partial charge >= 0.3 is 0 Å². The first kappa shape index (κ1) is 21.0. The van der Waals surface area contributed by atoms with Crippen LogP contribution in [0.2, 0.25) is 0 Å². The molecule has 0 saturated carbocycles. The molecule has 0 aliphatic carbocycles. The van der Waals surface area contributed by atoms with Gasteiger partial charge in [0.2, 0.25) is 5.91 Å². The summed E-state index contributed by atoms with van der Waals surface area (Å²) in [6.07, 6.45) is 2.59. The molecule has 1 aromatic rings. The molecule has 1 amide bonds. The molecule has 0 spiro atoms. The first-order valence-electron chi connectivity index (χ1n) is 8.20. The van der Waals surface area contributed by atoms with Gasteiger partial charge < -0.3 is 20.6 Å². The van der Waals surface area contributed by atoms with E-state index in [2.05, 4.69) is 39.8 Å². The summed E-state index contributed by atoms with van der Waals surface area (Å²) >= 11 is 0. The first-order valence-corrected chi connectivity index (χ1v) is 8.20. The number of halogens is 2. The summed E-state index contributed by atoms with van der Waals surface area (Å²) < 4.78 is 0. The van der Waals surface area contributed by atoms with Crippen LogP contribution in [0.5, 0.6) is 0 Å². The van der Waals surface area contributed by atoms with E-state index in [4.69, 9.17) is 0 Å². The van der Waals surface area contributed by atoms with Gasteiger partial charge in [0.05, 0.1) is 18.2 Å². The fraction of sp³-hybridized carbons (Fsp3) is 0.588. The average Bonchev–Trinajstić information content (AvgIpc) is 3.18. The van der Waals surface area contributed by atoms with Crippen molar-refractivity contribution in [3.63, 3.8) is 0 Å². The number of nitrogens with one attached hydrogen (secondary N) is 2. The van der Waals surface area contributed by atoms with Crippen molar-refractivity contribution in [2.75, 3.05) is 24.5 Å². The minimum atomic E-state index is -0.412. The number of rotatable bonds is 4. The third-order valence-corrected chi connectivity index (χ3v) is 4.62. The summed E-state index contributed by atoms with van der Waals surface area (Å²) in [4.78, 5) is 14.6. The van der Waals surface area contributed by atoms with Gasteiger partial charge in [0.25, 0.3) is 0 Å². The van der Waals surface area contributed by atoms with Crippen LogP contribution in [0.25, 0.3) is 0 Å². The molecule has 1 aromatic carbocycles. The predicted octanol–water partition coefficient (Wildman–Crippen LogP) is 2.03. The lowest BCUT2D eigenvalue weighted by Gasteiger charge is -2.21. The zero-order valence-electron chi connectivity index (χ0n) is 13.9. The number of amides is 1. The number of carbonyl (C=O) groups is 1. The van der Waals surface area contributed by atoms with E-state index in [0.29, 0.717) is 13.0 Å².